The molecule has 3 aromatic carbocycles. The molecule has 11 heteroatoms. The van der Waals surface area contributed by atoms with Gasteiger partial charge in [0, 0.05) is 11.3 Å². The van der Waals surface area contributed by atoms with Crippen molar-refractivity contribution in [2.24, 2.45) is 5.10 Å². The molecular weight excluding hydrogens is 486 g/mol. The fraction of sp³-hybridized carbons (Fsp3) is 0.0435. The first-order valence-electron chi connectivity index (χ1n) is 9.69. The fourth-order valence-electron chi connectivity index (χ4n) is 2.58. The highest BCUT2D eigenvalue weighted by molar-refractivity contribution is 6.45. The van der Waals surface area contributed by atoms with Gasteiger partial charge in [0.05, 0.1) is 21.9 Å². The summed E-state index contributed by atoms with van der Waals surface area (Å²) in [5.41, 5.74) is 3.13. The number of hydrogen-bond donors (Lipinski definition) is 3. The number of nitrogens with one attached hydrogen (secondary N) is 3. The number of benzene rings is 3. The maximum Gasteiger partial charge on any atom is 0.329 e. The number of hydrogen-bond acceptors (Lipinski definition) is 5. The van der Waals surface area contributed by atoms with E-state index < -0.39 is 23.5 Å². The van der Waals surface area contributed by atoms with Gasteiger partial charge in [0.15, 0.2) is 6.61 Å². The summed E-state index contributed by atoms with van der Waals surface area (Å²) in [4.78, 5) is 36.1. The normalized spacial score (nSPS) is 10.6. The van der Waals surface area contributed by atoms with Crippen LogP contribution in [0, 0.1) is 5.82 Å². The number of anilines is 2. The minimum atomic E-state index is -1.04. The molecule has 0 aliphatic rings. The van der Waals surface area contributed by atoms with Crippen LogP contribution in [0.15, 0.2) is 71.8 Å². The molecule has 0 aliphatic carbocycles. The predicted molar refractivity (Wildman–Crippen MR) is 128 cm³/mol. The van der Waals surface area contributed by atoms with Crippen molar-refractivity contribution in [1.82, 2.24) is 5.43 Å². The zero-order valence-corrected chi connectivity index (χ0v) is 18.9. The minimum Gasteiger partial charge on any atom is -0.483 e. The van der Waals surface area contributed by atoms with Gasteiger partial charge in [-0.1, -0.05) is 41.4 Å². The predicted octanol–water partition coefficient (Wildman–Crippen LogP) is 4.24. The second-order valence-electron chi connectivity index (χ2n) is 6.64. The van der Waals surface area contributed by atoms with Crippen LogP contribution >= 0.6 is 23.2 Å². The maximum atomic E-state index is 13.0. The van der Waals surface area contributed by atoms with Gasteiger partial charge in [-0.05, 0) is 48.5 Å². The molecule has 34 heavy (non-hydrogen) atoms. The molecule has 0 unspecified atom stereocenters. The third kappa shape index (κ3) is 7.03. The number of ether oxygens (including phenoxy) is 1. The van der Waals surface area contributed by atoms with Crippen molar-refractivity contribution in [2.75, 3.05) is 17.2 Å². The van der Waals surface area contributed by atoms with Gasteiger partial charge in [-0.15, -0.1) is 0 Å². The summed E-state index contributed by atoms with van der Waals surface area (Å²) in [6, 6.07) is 16.5. The van der Waals surface area contributed by atoms with Crippen LogP contribution in [0.5, 0.6) is 5.75 Å². The number of para-hydroxylation sites is 1. The van der Waals surface area contributed by atoms with Gasteiger partial charge in [0.1, 0.15) is 11.6 Å². The summed E-state index contributed by atoms with van der Waals surface area (Å²) < 4.78 is 18.5. The standard InChI is InChI=1S/C23H17Cl2FN4O4/c24-17-5-3-6-18(21(17)25)29-22(32)23(33)30-27-12-14-4-1-2-7-19(14)34-13-20(31)28-16-10-8-15(26)9-11-16/h1-12H,13H2,(H,28,31)(H,29,32)(H,30,33)/b27-12-. The van der Waals surface area contributed by atoms with Crippen LogP contribution in [-0.4, -0.2) is 30.5 Å². The van der Waals surface area contributed by atoms with E-state index in [-0.39, 0.29) is 22.3 Å². The lowest BCUT2D eigenvalue weighted by molar-refractivity contribution is -0.136. The van der Waals surface area contributed by atoms with E-state index in [1.54, 1.807) is 30.3 Å². The molecule has 3 amide bonds. The Labute approximate surface area is 203 Å². The van der Waals surface area contributed by atoms with Crippen LogP contribution < -0.4 is 20.8 Å². The molecule has 8 nitrogen and oxygen atoms in total. The van der Waals surface area contributed by atoms with Crippen LogP contribution in [0.3, 0.4) is 0 Å². The largest absolute Gasteiger partial charge is 0.483 e. The summed E-state index contributed by atoms with van der Waals surface area (Å²) in [6.45, 7) is -0.322. The molecule has 0 aromatic heterocycles. The number of hydrazone groups is 1. The van der Waals surface area contributed by atoms with E-state index in [1.165, 1.54) is 42.6 Å². The molecule has 0 aliphatic heterocycles. The van der Waals surface area contributed by atoms with Crippen molar-refractivity contribution in [3.05, 3.63) is 88.2 Å². The zero-order chi connectivity index (χ0) is 24.5. The van der Waals surface area contributed by atoms with Gasteiger partial charge in [0.2, 0.25) is 0 Å². The lowest BCUT2D eigenvalue weighted by Crippen LogP contribution is -2.32. The van der Waals surface area contributed by atoms with E-state index in [0.717, 1.165) is 0 Å². The van der Waals surface area contributed by atoms with Crippen molar-refractivity contribution in [3.8, 4) is 5.75 Å². The molecule has 0 atom stereocenters. The van der Waals surface area contributed by atoms with Crippen molar-refractivity contribution in [3.63, 3.8) is 0 Å². The smallest absolute Gasteiger partial charge is 0.329 e. The lowest BCUT2D eigenvalue weighted by atomic mass is 10.2. The molecule has 3 aromatic rings. The highest BCUT2D eigenvalue weighted by atomic mass is 35.5. The second-order valence-corrected chi connectivity index (χ2v) is 7.42. The summed E-state index contributed by atoms with van der Waals surface area (Å²) >= 11 is 11.9. The van der Waals surface area contributed by atoms with E-state index in [0.29, 0.717) is 17.0 Å². The van der Waals surface area contributed by atoms with E-state index in [2.05, 4.69) is 21.2 Å². The van der Waals surface area contributed by atoms with Gasteiger partial charge in [-0.25, -0.2) is 9.82 Å². The molecule has 0 spiro atoms. The Kier molecular flexibility index (Phi) is 8.55. The maximum absolute atomic E-state index is 13.0. The number of halogens is 3. The summed E-state index contributed by atoms with van der Waals surface area (Å²) in [5, 5.41) is 8.98. The van der Waals surface area contributed by atoms with Gasteiger partial charge < -0.3 is 15.4 Å². The minimum absolute atomic E-state index is 0.100. The zero-order valence-electron chi connectivity index (χ0n) is 17.3. The van der Waals surface area contributed by atoms with E-state index >= 15 is 0 Å². The molecule has 3 rings (SSSR count). The van der Waals surface area contributed by atoms with Crippen LogP contribution in [-0.2, 0) is 14.4 Å². The average Bonchev–Trinajstić information content (AvgIpc) is 2.82. The van der Waals surface area contributed by atoms with Crippen molar-refractivity contribution in [1.29, 1.82) is 0 Å². The van der Waals surface area contributed by atoms with Crippen LogP contribution in [0.25, 0.3) is 0 Å². The second kappa shape index (κ2) is 11.8. The molecule has 0 heterocycles. The first-order chi connectivity index (χ1) is 16.3. The first-order valence-corrected chi connectivity index (χ1v) is 10.4. The van der Waals surface area contributed by atoms with Gasteiger partial charge in [-0.3, -0.25) is 14.4 Å². The Morgan fingerprint density at radius 3 is 2.41 bits per heavy atom. The van der Waals surface area contributed by atoms with Gasteiger partial charge >= 0.3 is 11.8 Å². The Balaban J connectivity index is 1.54. The number of amides is 3. The highest BCUT2D eigenvalue weighted by Crippen LogP contribution is 2.29. The van der Waals surface area contributed by atoms with Crippen molar-refractivity contribution < 1.29 is 23.5 Å². The summed E-state index contributed by atoms with van der Waals surface area (Å²) in [7, 11) is 0. The number of carbonyl (C=O) groups excluding carboxylic acids is 3. The Bertz CT molecular complexity index is 1240. The lowest BCUT2D eigenvalue weighted by Gasteiger charge is -2.09. The van der Waals surface area contributed by atoms with Crippen molar-refractivity contribution >= 4 is 58.5 Å². The first kappa shape index (κ1) is 24.7. The number of rotatable bonds is 7. The third-order valence-electron chi connectivity index (χ3n) is 4.18. The monoisotopic (exact) mass is 502 g/mol. The SMILES string of the molecule is O=C(COc1ccccc1/C=N\NC(=O)C(=O)Nc1cccc(Cl)c1Cl)Nc1ccc(F)cc1. The van der Waals surface area contributed by atoms with E-state index in [1.807, 2.05) is 0 Å². The van der Waals surface area contributed by atoms with Crippen LogP contribution in [0.2, 0.25) is 10.0 Å². The quantitative estimate of drug-likeness (QED) is 0.255. The molecule has 0 fully saturated rings. The molecule has 0 saturated heterocycles. The number of nitrogens with zero attached hydrogens (tertiary/aromatic N) is 1. The summed E-state index contributed by atoms with van der Waals surface area (Å²) in [5.74, 6) is -2.60. The molecule has 0 saturated carbocycles. The third-order valence-corrected chi connectivity index (χ3v) is 5.00. The average molecular weight is 503 g/mol. The van der Waals surface area contributed by atoms with Crippen LogP contribution in [0.4, 0.5) is 15.8 Å². The molecule has 3 N–H and O–H groups in total. The number of carbonyl (C=O) groups is 3. The molecule has 0 radical (unpaired) electrons. The van der Waals surface area contributed by atoms with Gasteiger partial charge in [-0.2, -0.15) is 5.10 Å². The highest BCUT2D eigenvalue weighted by Gasteiger charge is 2.15. The Hall–Kier alpha value is -3.95. The molecule has 0 bridgehead atoms. The van der Waals surface area contributed by atoms with E-state index in [9.17, 15) is 18.8 Å². The van der Waals surface area contributed by atoms with Gasteiger partial charge in [0.25, 0.3) is 5.91 Å². The molecular formula is C23H17Cl2FN4O4. The fourth-order valence-corrected chi connectivity index (χ4v) is 2.93. The van der Waals surface area contributed by atoms with Crippen molar-refractivity contribution in [2.45, 2.75) is 0 Å². The molecule has 174 valence electrons. The van der Waals surface area contributed by atoms with E-state index in [4.69, 9.17) is 27.9 Å². The summed E-state index contributed by atoms with van der Waals surface area (Å²) in [6.07, 6.45) is 1.25. The topological polar surface area (TPSA) is 109 Å². The Morgan fingerprint density at radius 2 is 1.65 bits per heavy atom. The Morgan fingerprint density at radius 1 is 0.912 bits per heavy atom. The van der Waals surface area contributed by atoms with Crippen LogP contribution in [0.1, 0.15) is 5.56 Å².